The Kier molecular flexibility index (Phi) is 6.86. The fourth-order valence-corrected chi connectivity index (χ4v) is 3.87. The maximum Gasteiger partial charge on any atom is 0.240 e. The van der Waals surface area contributed by atoms with Crippen LogP contribution in [0, 0.1) is 6.92 Å². The van der Waals surface area contributed by atoms with Gasteiger partial charge in [0.05, 0.1) is 17.6 Å². The number of rotatable bonds is 8. The van der Waals surface area contributed by atoms with Crippen LogP contribution in [-0.2, 0) is 21.4 Å². The number of benzene rings is 3. The highest BCUT2D eigenvalue weighted by Gasteiger charge is 2.19. The normalized spacial score (nSPS) is 12.6. The molecule has 0 saturated heterocycles. The standard InChI is InChI=1S/C22H22ClNO3S/c1-17-7-13-21(14-8-17)28(25,26)24-15-22(19-9-11-20(23)12-10-19)27-16-18-5-3-2-4-6-18/h2-14,22,24H,15-16H2,1H3. The van der Waals surface area contributed by atoms with Gasteiger partial charge in [-0.3, -0.25) is 0 Å². The van der Waals surface area contributed by atoms with Crippen molar-refractivity contribution in [2.75, 3.05) is 6.54 Å². The van der Waals surface area contributed by atoms with Crippen molar-refractivity contribution in [3.05, 3.63) is 101 Å². The predicted molar refractivity (Wildman–Crippen MR) is 112 cm³/mol. The molecule has 1 unspecified atom stereocenters. The molecule has 3 aromatic carbocycles. The summed E-state index contributed by atoms with van der Waals surface area (Å²) in [5, 5.41) is 0.616. The number of halogens is 1. The molecule has 0 aliphatic carbocycles. The van der Waals surface area contributed by atoms with Gasteiger partial charge >= 0.3 is 0 Å². The first-order valence-corrected chi connectivity index (χ1v) is 10.8. The van der Waals surface area contributed by atoms with Crippen LogP contribution in [0.4, 0.5) is 0 Å². The summed E-state index contributed by atoms with van der Waals surface area (Å²) in [6.45, 7) is 2.41. The Labute approximate surface area is 171 Å². The van der Waals surface area contributed by atoms with Crippen LogP contribution in [0.1, 0.15) is 22.8 Å². The summed E-state index contributed by atoms with van der Waals surface area (Å²) in [4.78, 5) is 0.232. The molecule has 0 amide bonds. The smallest absolute Gasteiger partial charge is 0.240 e. The molecule has 1 atom stereocenters. The van der Waals surface area contributed by atoms with Gasteiger partial charge in [0, 0.05) is 11.6 Å². The summed E-state index contributed by atoms with van der Waals surface area (Å²) in [6, 6.07) is 23.7. The Bertz CT molecular complexity index is 988. The third-order valence-electron chi connectivity index (χ3n) is 4.33. The van der Waals surface area contributed by atoms with Crippen LogP contribution in [0.25, 0.3) is 0 Å². The average Bonchev–Trinajstić information content (AvgIpc) is 2.70. The summed E-state index contributed by atoms with van der Waals surface area (Å²) in [6.07, 6.45) is -0.447. The molecule has 3 rings (SSSR count). The predicted octanol–water partition coefficient (Wildman–Crippen LogP) is 4.88. The molecule has 0 bridgehead atoms. The fraction of sp³-hybridized carbons (Fsp3) is 0.182. The van der Waals surface area contributed by atoms with E-state index in [4.69, 9.17) is 16.3 Å². The van der Waals surface area contributed by atoms with Crippen LogP contribution < -0.4 is 4.72 Å². The van der Waals surface area contributed by atoms with E-state index in [9.17, 15) is 8.42 Å². The molecule has 0 heterocycles. The summed E-state index contributed by atoms with van der Waals surface area (Å²) < 4.78 is 33.9. The summed E-state index contributed by atoms with van der Waals surface area (Å²) >= 11 is 5.98. The van der Waals surface area contributed by atoms with Gasteiger partial charge in [0.2, 0.25) is 10.0 Å². The lowest BCUT2D eigenvalue weighted by atomic mass is 10.1. The van der Waals surface area contributed by atoms with Crippen LogP contribution in [-0.4, -0.2) is 15.0 Å². The van der Waals surface area contributed by atoms with Gasteiger partial charge in [0.15, 0.2) is 0 Å². The molecular weight excluding hydrogens is 394 g/mol. The topological polar surface area (TPSA) is 55.4 Å². The summed E-state index contributed by atoms with van der Waals surface area (Å²) in [5.74, 6) is 0. The number of sulfonamides is 1. The van der Waals surface area contributed by atoms with Crippen LogP contribution in [0.2, 0.25) is 5.02 Å². The van der Waals surface area contributed by atoms with E-state index in [1.54, 1.807) is 36.4 Å². The minimum Gasteiger partial charge on any atom is -0.367 e. The largest absolute Gasteiger partial charge is 0.367 e. The highest BCUT2D eigenvalue weighted by Crippen LogP contribution is 2.22. The maximum absolute atomic E-state index is 12.6. The van der Waals surface area contributed by atoms with Crippen molar-refractivity contribution >= 4 is 21.6 Å². The van der Waals surface area contributed by atoms with E-state index in [0.29, 0.717) is 11.6 Å². The van der Waals surface area contributed by atoms with Gasteiger partial charge in [-0.25, -0.2) is 13.1 Å². The van der Waals surface area contributed by atoms with Gasteiger partial charge in [-0.1, -0.05) is 71.8 Å². The zero-order valence-electron chi connectivity index (χ0n) is 15.5. The Morgan fingerprint density at radius 3 is 2.21 bits per heavy atom. The first-order chi connectivity index (χ1) is 13.4. The number of hydrogen-bond donors (Lipinski definition) is 1. The number of ether oxygens (including phenoxy) is 1. The van der Waals surface area contributed by atoms with E-state index in [-0.39, 0.29) is 11.4 Å². The lowest BCUT2D eigenvalue weighted by Gasteiger charge is -2.19. The highest BCUT2D eigenvalue weighted by molar-refractivity contribution is 7.89. The van der Waals surface area contributed by atoms with Crippen molar-refractivity contribution < 1.29 is 13.2 Å². The second kappa shape index (κ2) is 9.34. The molecule has 0 radical (unpaired) electrons. The van der Waals surface area contributed by atoms with E-state index in [2.05, 4.69) is 4.72 Å². The lowest BCUT2D eigenvalue weighted by molar-refractivity contribution is 0.0432. The number of nitrogens with one attached hydrogen (secondary N) is 1. The molecule has 0 spiro atoms. The van der Waals surface area contributed by atoms with Crippen molar-refractivity contribution in [2.45, 2.75) is 24.5 Å². The second-order valence-corrected chi connectivity index (χ2v) is 8.71. The number of hydrogen-bond acceptors (Lipinski definition) is 3. The first-order valence-electron chi connectivity index (χ1n) is 8.91. The van der Waals surface area contributed by atoms with E-state index in [1.807, 2.05) is 49.4 Å². The van der Waals surface area contributed by atoms with Crippen molar-refractivity contribution in [1.29, 1.82) is 0 Å². The van der Waals surface area contributed by atoms with Crippen LogP contribution in [0.15, 0.2) is 83.8 Å². The molecule has 1 N–H and O–H groups in total. The zero-order chi connectivity index (χ0) is 20.0. The monoisotopic (exact) mass is 415 g/mol. The number of aryl methyl sites for hydroxylation is 1. The molecule has 0 saturated carbocycles. The Morgan fingerprint density at radius 2 is 1.57 bits per heavy atom. The minimum absolute atomic E-state index is 0.116. The van der Waals surface area contributed by atoms with Gasteiger partial charge in [0.25, 0.3) is 0 Å². The third kappa shape index (κ3) is 5.66. The quantitative estimate of drug-likeness (QED) is 0.570. The van der Waals surface area contributed by atoms with Crippen LogP contribution >= 0.6 is 11.6 Å². The lowest BCUT2D eigenvalue weighted by Crippen LogP contribution is -2.29. The summed E-state index contributed by atoms with van der Waals surface area (Å²) in [5.41, 5.74) is 2.87. The van der Waals surface area contributed by atoms with Crippen molar-refractivity contribution in [3.8, 4) is 0 Å². The van der Waals surface area contributed by atoms with Crippen LogP contribution in [0.5, 0.6) is 0 Å². The van der Waals surface area contributed by atoms with Gasteiger partial charge in [-0.2, -0.15) is 0 Å². The molecule has 0 aliphatic rings. The van der Waals surface area contributed by atoms with Crippen molar-refractivity contribution in [3.63, 3.8) is 0 Å². The Morgan fingerprint density at radius 1 is 0.929 bits per heavy atom. The highest BCUT2D eigenvalue weighted by atomic mass is 35.5. The molecular formula is C22H22ClNO3S. The van der Waals surface area contributed by atoms with E-state index < -0.39 is 16.1 Å². The van der Waals surface area contributed by atoms with E-state index in [0.717, 1.165) is 16.7 Å². The van der Waals surface area contributed by atoms with Crippen molar-refractivity contribution in [2.24, 2.45) is 0 Å². The van der Waals surface area contributed by atoms with Gasteiger partial charge in [-0.05, 0) is 42.3 Å². The summed E-state index contributed by atoms with van der Waals surface area (Å²) in [7, 11) is -3.63. The van der Waals surface area contributed by atoms with Gasteiger partial charge in [0.1, 0.15) is 0 Å². The Hall–Kier alpha value is -2.18. The maximum atomic E-state index is 12.6. The van der Waals surface area contributed by atoms with E-state index >= 15 is 0 Å². The van der Waals surface area contributed by atoms with Crippen LogP contribution in [0.3, 0.4) is 0 Å². The molecule has 0 aromatic heterocycles. The fourth-order valence-electron chi connectivity index (χ4n) is 2.71. The molecule has 146 valence electrons. The molecule has 0 fully saturated rings. The molecule has 4 nitrogen and oxygen atoms in total. The second-order valence-electron chi connectivity index (χ2n) is 6.50. The van der Waals surface area contributed by atoms with Gasteiger partial charge in [-0.15, -0.1) is 0 Å². The SMILES string of the molecule is Cc1ccc(S(=O)(=O)NCC(OCc2ccccc2)c2ccc(Cl)cc2)cc1. The third-order valence-corrected chi connectivity index (χ3v) is 6.02. The molecule has 0 aliphatic heterocycles. The van der Waals surface area contributed by atoms with Crippen molar-refractivity contribution in [1.82, 2.24) is 4.72 Å². The zero-order valence-corrected chi connectivity index (χ0v) is 17.1. The molecule has 28 heavy (non-hydrogen) atoms. The average molecular weight is 416 g/mol. The van der Waals surface area contributed by atoms with Gasteiger partial charge < -0.3 is 4.74 Å². The van der Waals surface area contributed by atoms with E-state index in [1.165, 1.54) is 0 Å². The minimum atomic E-state index is -3.63. The first kappa shape index (κ1) is 20.6. The molecule has 3 aromatic rings. The Balaban J connectivity index is 1.74. The molecule has 6 heteroatoms.